The minimum atomic E-state index is -1.25. The quantitative estimate of drug-likeness (QED) is 0.327. The summed E-state index contributed by atoms with van der Waals surface area (Å²) in [6.45, 7) is 7.95. The highest BCUT2D eigenvalue weighted by Crippen LogP contribution is 2.22. The summed E-state index contributed by atoms with van der Waals surface area (Å²) >= 11 is 0. The van der Waals surface area contributed by atoms with Crippen LogP contribution < -0.4 is 9.47 Å². The molecular formula is C31H42N4O5. The number of imidazole rings is 1. The number of aromatic nitrogens is 2. The molecule has 0 radical (unpaired) electrons. The molecule has 9 nitrogen and oxygen atoms in total. The SMILES string of the molecule is CCc1nccn1CCCOc1cccc(CN2CCN(C(=O)COC)CC(O)(COc3ccc(C)cc3)C2)c1. The van der Waals surface area contributed by atoms with E-state index >= 15 is 0 Å². The van der Waals surface area contributed by atoms with Gasteiger partial charge in [-0.2, -0.15) is 0 Å². The summed E-state index contributed by atoms with van der Waals surface area (Å²) in [5, 5.41) is 11.7. The Kier molecular flexibility index (Phi) is 10.6. The molecule has 1 amide bonds. The lowest BCUT2D eigenvalue weighted by molar-refractivity contribution is -0.138. The number of carbonyl (C=O) groups excluding carboxylic acids is 1. The van der Waals surface area contributed by atoms with E-state index in [9.17, 15) is 9.90 Å². The molecule has 1 aliphatic heterocycles. The lowest BCUT2D eigenvalue weighted by atomic mass is 10.0. The van der Waals surface area contributed by atoms with Crippen molar-refractivity contribution < 1.29 is 24.1 Å². The average Bonchev–Trinajstić information content (AvgIpc) is 3.34. The van der Waals surface area contributed by atoms with Crippen LogP contribution >= 0.6 is 0 Å². The molecule has 1 fully saturated rings. The summed E-state index contributed by atoms with van der Waals surface area (Å²) < 4.78 is 19.3. The van der Waals surface area contributed by atoms with Gasteiger partial charge in [0, 0.05) is 58.6 Å². The van der Waals surface area contributed by atoms with Crippen LogP contribution in [0.25, 0.3) is 0 Å². The maximum Gasteiger partial charge on any atom is 0.248 e. The van der Waals surface area contributed by atoms with Gasteiger partial charge in [0.25, 0.3) is 0 Å². The van der Waals surface area contributed by atoms with Crippen molar-refractivity contribution in [1.82, 2.24) is 19.4 Å². The smallest absolute Gasteiger partial charge is 0.248 e. The Balaban J connectivity index is 1.37. The Bertz CT molecular complexity index is 1210. The van der Waals surface area contributed by atoms with Crippen molar-refractivity contribution >= 4 is 5.91 Å². The van der Waals surface area contributed by atoms with Crippen LogP contribution in [-0.4, -0.2) is 89.1 Å². The van der Waals surface area contributed by atoms with Crippen LogP contribution in [0.2, 0.25) is 0 Å². The van der Waals surface area contributed by atoms with Crippen LogP contribution in [0.4, 0.5) is 0 Å². The average molecular weight is 551 g/mol. The summed E-state index contributed by atoms with van der Waals surface area (Å²) in [6.07, 6.45) is 5.66. The molecule has 1 N–H and O–H groups in total. The molecule has 1 saturated heterocycles. The van der Waals surface area contributed by atoms with Gasteiger partial charge in [-0.15, -0.1) is 0 Å². The fourth-order valence-electron chi connectivity index (χ4n) is 5.02. The van der Waals surface area contributed by atoms with Gasteiger partial charge in [0.1, 0.15) is 36.1 Å². The van der Waals surface area contributed by atoms with E-state index in [-0.39, 0.29) is 25.7 Å². The molecule has 2 heterocycles. The summed E-state index contributed by atoms with van der Waals surface area (Å²) in [5.41, 5.74) is 0.973. The first-order chi connectivity index (χ1) is 19.4. The number of amides is 1. The normalized spacial score (nSPS) is 17.9. The number of aryl methyl sites for hydroxylation is 3. The van der Waals surface area contributed by atoms with E-state index < -0.39 is 5.60 Å². The number of hydrogen-bond acceptors (Lipinski definition) is 7. The van der Waals surface area contributed by atoms with Gasteiger partial charge >= 0.3 is 0 Å². The first kappa shape index (κ1) is 29.6. The third-order valence-corrected chi connectivity index (χ3v) is 7.07. The molecule has 1 unspecified atom stereocenters. The number of methoxy groups -OCH3 is 1. The van der Waals surface area contributed by atoms with Gasteiger partial charge in [-0.25, -0.2) is 4.98 Å². The summed E-state index contributed by atoms with van der Waals surface area (Å²) in [5.74, 6) is 2.46. The van der Waals surface area contributed by atoms with Crippen LogP contribution in [-0.2, 0) is 29.0 Å². The number of hydrogen-bond donors (Lipinski definition) is 1. The van der Waals surface area contributed by atoms with Crippen molar-refractivity contribution in [1.29, 1.82) is 0 Å². The molecule has 2 aromatic carbocycles. The molecule has 0 saturated carbocycles. The highest BCUT2D eigenvalue weighted by Gasteiger charge is 2.37. The van der Waals surface area contributed by atoms with Crippen molar-refractivity contribution in [2.75, 3.05) is 53.1 Å². The van der Waals surface area contributed by atoms with E-state index in [1.54, 1.807) is 4.90 Å². The minimum Gasteiger partial charge on any atom is -0.494 e. The summed E-state index contributed by atoms with van der Waals surface area (Å²) in [7, 11) is 1.50. The molecule has 4 rings (SSSR count). The van der Waals surface area contributed by atoms with Gasteiger partial charge in [0.2, 0.25) is 5.91 Å². The highest BCUT2D eigenvalue weighted by atomic mass is 16.5. The van der Waals surface area contributed by atoms with E-state index in [0.29, 0.717) is 38.5 Å². The zero-order valence-electron chi connectivity index (χ0n) is 23.9. The highest BCUT2D eigenvalue weighted by molar-refractivity contribution is 5.77. The van der Waals surface area contributed by atoms with Crippen molar-refractivity contribution in [3.63, 3.8) is 0 Å². The Labute approximate surface area is 237 Å². The maximum absolute atomic E-state index is 12.7. The molecule has 3 aromatic rings. The number of nitrogens with zero attached hydrogens (tertiary/aromatic N) is 4. The predicted octanol–water partition coefficient (Wildman–Crippen LogP) is 3.32. The maximum atomic E-state index is 12.7. The standard InChI is InChI=1S/C31H42N4O5/c1-4-29-32-13-15-34(29)14-6-18-39-28-8-5-7-26(19-28)20-33-16-17-35(30(36)21-38-3)23-31(37,22-33)24-40-27-11-9-25(2)10-12-27/h5,7-13,15,19,37H,4,6,14,16-18,20-24H2,1-3H3. The summed E-state index contributed by atoms with van der Waals surface area (Å²) in [6, 6.07) is 15.8. The third-order valence-electron chi connectivity index (χ3n) is 7.07. The van der Waals surface area contributed by atoms with E-state index in [0.717, 1.165) is 42.1 Å². The van der Waals surface area contributed by atoms with Crippen molar-refractivity contribution in [3.05, 3.63) is 77.9 Å². The molecule has 9 heteroatoms. The second-order valence-corrected chi connectivity index (χ2v) is 10.5. The number of β-amino-alcohol motifs (C(OH)–C–C–N with tert-alkyl or cyclic N) is 1. The van der Waals surface area contributed by atoms with E-state index in [2.05, 4.69) is 33.5 Å². The molecule has 1 aliphatic rings. The van der Waals surface area contributed by atoms with Gasteiger partial charge < -0.3 is 28.8 Å². The molecule has 40 heavy (non-hydrogen) atoms. The fraction of sp³-hybridized carbons (Fsp3) is 0.484. The number of benzene rings is 2. The Morgan fingerprint density at radius 3 is 2.67 bits per heavy atom. The molecule has 1 aromatic heterocycles. The number of carbonyl (C=O) groups is 1. The topological polar surface area (TPSA) is 89.3 Å². The number of ether oxygens (including phenoxy) is 3. The predicted molar refractivity (Wildman–Crippen MR) is 154 cm³/mol. The number of rotatable bonds is 13. The fourth-order valence-corrected chi connectivity index (χ4v) is 5.02. The van der Waals surface area contributed by atoms with Crippen molar-refractivity contribution in [2.24, 2.45) is 0 Å². The van der Waals surface area contributed by atoms with Gasteiger partial charge in [0.05, 0.1) is 13.2 Å². The second kappa shape index (κ2) is 14.3. The van der Waals surface area contributed by atoms with Crippen LogP contribution in [0.1, 0.15) is 30.3 Å². The van der Waals surface area contributed by atoms with Gasteiger partial charge in [-0.05, 0) is 43.2 Å². The Morgan fingerprint density at radius 1 is 1.07 bits per heavy atom. The Morgan fingerprint density at radius 2 is 1.90 bits per heavy atom. The number of aliphatic hydroxyl groups is 1. The molecule has 216 valence electrons. The minimum absolute atomic E-state index is 0.0190. The monoisotopic (exact) mass is 550 g/mol. The largest absolute Gasteiger partial charge is 0.494 e. The lowest BCUT2D eigenvalue weighted by Crippen LogP contribution is -2.52. The molecule has 0 spiro atoms. The van der Waals surface area contributed by atoms with Gasteiger partial charge in [-0.3, -0.25) is 9.69 Å². The van der Waals surface area contributed by atoms with Gasteiger partial charge in [0.15, 0.2) is 0 Å². The third kappa shape index (κ3) is 8.55. The van der Waals surface area contributed by atoms with Crippen molar-refractivity contribution in [3.8, 4) is 11.5 Å². The zero-order valence-corrected chi connectivity index (χ0v) is 23.9. The second-order valence-electron chi connectivity index (χ2n) is 10.5. The van der Waals surface area contributed by atoms with Crippen LogP contribution in [0.15, 0.2) is 60.9 Å². The molecule has 1 atom stereocenters. The van der Waals surface area contributed by atoms with E-state index in [4.69, 9.17) is 14.2 Å². The van der Waals surface area contributed by atoms with Crippen LogP contribution in [0, 0.1) is 6.92 Å². The lowest BCUT2D eigenvalue weighted by Gasteiger charge is -2.33. The van der Waals surface area contributed by atoms with Crippen molar-refractivity contribution in [2.45, 2.75) is 45.4 Å². The summed E-state index contributed by atoms with van der Waals surface area (Å²) in [4.78, 5) is 20.9. The molecule has 0 aliphatic carbocycles. The molecule has 0 bridgehead atoms. The molecular weight excluding hydrogens is 508 g/mol. The zero-order chi connectivity index (χ0) is 28.4. The first-order valence-electron chi connectivity index (χ1n) is 14.0. The first-order valence-corrected chi connectivity index (χ1v) is 14.0. The van der Waals surface area contributed by atoms with E-state index in [1.807, 2.05) is 55.7 Å². The van der Waals surface area contributed by atoms with Crippen LogP contribution in [0.3, 0.4) is 0 Å². The van der Waals surface area contributed by atoms with Crippen LogP contribution in [0.5, 0.6) is 11.5 Å². The van der Waals surface area contributed by atoms with Gasteiger partial charge in [-0.1, -0.05) is 36.8 Å². The Hall–Kier alpha value is -3.40. The van der Waals surface area contributed by atoms with E-state index in [1.165, 1.54) is 7.11 Å².